The molecular weight excluding hydrogens is 752 g/mol. The quantitative estimate of drug-likeness (QED) is 0.171. The third-order valence-electron chi connectivity index (χ3n) is 9.29. The van der Waals surface area contributed by atoms with Crippen molar-refractivity contribution in [1.29, 1.82) is 0 Å². The van der Waals surface area contributed by atoms with E-state index in [0.717, 1.165) is 50.4 Å². The number of carboxylic acids is 1. The van der Waals surface area contributed by atoms with Crippen LogP contribution in [0.3, 0.4) is 0 Å². The van der Waals surface area contributed by atoms with Gasteiger partial charge in [-0.2, -0.15) is 0 Å². The van der Waals surface area contributed by atoms with E-state index in [1.165, 1.54) is 6.07 Å². The average molecular weight is 794 g/mol. The minimum absolute atomic E-state index is 0. The predicted octanol–water partition coefficient (Wildman–Crippen LogP) is 5.18. The number of aromatic carboxylic acids is 1. The zero-order valence-corrected chi connectivity index (χ0v) is 31.1. The third kappa shape index (κ3) is 9.26. The van der Waals surface area contributed by atoms with Crippen molar-refractivity contribution in [2.24, 2.45) is 5.73 Å². The molecule has 19 heteroatoms. The SMILES string of the molecule is Cl.NCCF.O=C(CCCF)c1ccc2c(n1)N(C(=O)Nc1ccccn1)[C@H]1CCN2C1.O=C(O)c1ccc2c(n1)N(C(=O)Nc1ccccn1)[C@H]1CCN2C1. The van der Waals surface area contributed by atoms with E-state index in [0.29, 0.717) is 23.3 Å². The maximum absolute atomic E-state index is 13.0. The van der Waals surface area contributed by atoms with Crippen LogP contribution in [0.2, 0.25) is 0 Å². The second kappa shape index (κ2) is 19.0. The van der Waals surface area contributed by atoms with Crippen molar-refractivity contribution < 1.29 is 33.1 Å². The second-order valence-corrected chi connectivity index (χ2v) is 12.9. The van der Waals surface area contributed by atoms with Gasteiger partial charge in [0.2, 0.25) is 0 Å². The minimum Gasteiger partial charge on any atom is -0.477 e. The highest BCUT2D eigenvalue weighted by molar-refractivity contribution is 6.06. The Morgan fingerprint density at radius 3 is 1.64 bits per heavy atom. The lowest BCUT2D eigenvalue weighted by atomic mass is 10.1. The van der Waals surface area contributed by atoms with Gasteiger partial charge in [0.1, 0.15) is 24.0 Å². The van der Waals surface area contributed by atoms with E-state index >= 15 is 0 Å². The van der Waals surface area contributed by atoms with E-state index in [9.17, 15) is 33.1 Å². The number of hydrogen-bond donors (Lipinski definition) is 4. The molecule has 0 radical (unpaired) electrons. The molecular formula is C37H42ClF2N11O5. The van der Waals surface area contributed by atoms with Gasteiger partial charge in [0.05, 0.1) is 30.1 Å². The number of ketones is 1. The van der Waals surface area contributed by atoms with E-state index < -0.39 is 19.3 Å². The van der Waals surface area contributed by atoms with Crippen LogP contribution in [0.1, 0.15) is 46.7 Å². The molecule has 8 heterocycles. The number of hydrogen-bond acceptors (Lipinski definition) is 11. The Bertz CT molecular complexity index is 2000. The highest BCUT2D eigenvalue weighted by Crippen LogP contribution is 2.40. The summed E-state index contributed by atoms with van der Waals surface area (Å²) in [6.07, 6.45) is 5.13. The summed E-state index contributed by atoms with van der Waals surface area (Å²) in [5.41, 5.74) is 6.46. The molecule has 0 unspecified atom stereocenters. The zero-order valence-electron chi connectivity index (χ0n) is 30.3. The Hall–Kier alpha value is -6.01. The lowest BCUT2D eigenvalue weighted by Gasteiger charge is -2.35. The van der Waals surface area contributed by atoms with Gasteiger partial charge in [-0.25, -0.2) is 38.7 Å². The summed E-state index contributed by atoms with van der Waals surface area (Å²) in [5, 5.41) is 14.7. The lowest BCUT2D eigenvalue weighted by Crippen LogP contribution is -2.48. The van der Waals surface area contributed by atoms with Crippen molar-refractivity contribution >= 4 is 70.9 Å². The van der Waals surface area contributed by atoms with Gasteiger partial charge in [0.25, 0.3) is 0 Å². The minimum atomic E-state index is -1.11. The van der Waals surface area contributed by atoms with Crippen LogP contribution in [0.4, 0.5) is 53.0 Å². The number of alkyl halides is 2. The van der Waals surface area contributed by atoms with Crippen molar-refractivity contribution in [2.45, 2.75) is 37.8 Å². The first-order valence-corrected chi connectivity index (χ1v) is 17.8. The van der Waals surface area contributed by atoms with E-state index in [1.54, 1.807) is 70.7 Å². The van der Waals surface area contributed by atoms with Crippen molar-refractivity contribution in [3.8, 4) is 0 Å². The van der Waals surface area contributed by atoms with Gasteiger partial charge in [-0.3, -0.25) is 29.6 Å². The second-order valence-electron chi connectivity index (χ2n) is 12.9. The summed E-state index contributed by atoms with van der Waals surface area (Å²) in [4.78, 5) is 73.6. The number of carboxylic acid groups (broad SMARTS) is 1. The van der Waals surface area contributed by atoms with Crippen molar-refractivity contribution in [2.75, 3.05) is 76.3 Å². The van der Waals surface area contributed by atoms with Gasteiger partial charge in [-0.1, -0.05) is 12.1 Å². The van der Waals surface area contributed by atoms with Crippen LogP contribution in [-0.4, -0.2) is 107 Å². The molecule has 16 nitrogen and oxygen atoms in total. The van der Waals surface area contributed by atoms with Gasteiger partial charge < -0.3 is 20.6 Å². The standard InChI is InChI=1S/C19H20FN5O2.C16H15N5O3.C2H6FN.ClH/c20-9-3-4-16(26)14-6-7-15-18(22-14)25(13-8-11-24(15)12-13)19(27)23-17-5-1-2-10-21-17;22-15(23)11-4-5-12-14(18-11)21(10-6-8-20(12)9-10)16(24)19-13-3-1-2-7-17-13;3-1-2-4;/h1-2,5-7,10,13H,3-4,8-9,11-12H2,(H,21,23,27);1-5,7,10H,6,8-9H2,(H,22,23)(H,17,19,24);1-2,4H2;1H/t13-;10-;;/m00../s1. The fraction of sp³-hybridized carbons (Fsp3) is 0.351. The topological polar surface area (TPSA) is 203 Å². The molecule has 4 amide bonds. The highest BCUT2D eigenvalue weighted by Gasteiger charge is 2.42. The van der Waals surface area contributed by atoms with Crippen LogP contribution < -0.4 is 36.0 Å². The molecule has 2 atom stereocenters. The molecule has 0 aromatic carbocycles. The van der Waals surface area contributed by atoms with Gasteiger partial charge in [0.15, 0.2) is 23.1 Å². The Balaban J connectivity index is 0.000000194. The molecule has 296 valence electrons. The summed E-state index contributed by atoms with van der Waals surface area (Å²) in [7, 11) is 0. The molecule has 56 heavy (non-hydrogen) atoms. The molecule has 2 saturated heterocycles. The van der Waals surface area contributed by atoms with Crippen LogP contribution >= 0.6 is 12.4 Å². The highest BCUT2D eigenvalue weighted by atomic mass is 35.5. The number of nitrogens with zero attached hydrogens (tertiary/aromatic N) is 8. The number of anilines is 6. The first-order valence-electron chi connectivity index (χ1n) is 17.8. The Labute approximate surface area is 327 Å². The maximum Gasteiger partial charge on any atom is 0.354 e. The fourth-order valence-electron chi connectivity index (χ4n) is 6.79. The molecule has 4 aromatic heterocycles. The number of aromatic nitrogens is 4. The smallest absolute Gasteiger partial charge is 0.354 e. The van der Waals surface area contributed by atoms with Gasteiger partial charge in [-0.15, -0.1) is 12.4 Å². The molecule has 0 saturated carbocycles. The maximum atomic E-state index is 13.0. The molecule has 0 aliphatic carbocycles. The number of halogens is 3. The van der Waals surface area contributed by atoms with Crippen LogP contribution in [-0.2, 0) is 0 Å². The largest absolute Gasteiger partial charge is 0.477 e. The fourth-order valence-corrected chi connectivity index (χ4v) is 6.79. The normalized spacial score (nSPS) is 16.8. The average Bonchev–Trinajstić information content (AvgIpc) is 3.83. The third-order valence-corrected chi connectivity index (χ3v) is 9.29. The van der Waals surface area contributed by atoms with Gasteiger partial charge >= 0.3 is 18.0 Å². The van der Waals surface area contributed by atoms with Crippen LogP contribution in [0, 0.1) is 0 Å². The molecule has 4 bridgehead atoms. The van der Waals surface area contributed by atoms with E-state index in [4.69, 9.17) is 0 Å². The van der Waals surface area contributed by atoms with E-state index in [2.05, 4.69) is 46.1 Å². The number of Topliss-reactive ketones (excluding diaryl/α,β-unsaturated/α-hetero) is 1. The number of rotatable bonds is 8. The molecule has 4 aromatic rings. The van der Waals surface area contributed by atoms with Crippen molar-refractivity contribution in [3.05, 3.63) is 84.4 Å². The van der Waals surface area contributed by atoms with Crippen molar-refractivity contribution in [3.63, 3.8) is 0 Å². The number of urea groups is 2. The Morgan fingerprint density at radius 2 is 1.21 bits per heavy atom. The van der Waals surface area contributed by atoms with Crippen LogP contribution in [0.15, 0.2) is 73.1 Å². The number of nitrogens with two attached hydrogens (primary N) is 1. The number of fused-ring (bicyclic) bond motifs is 8. The van der Waals surface area contributed by atoms with Crippen LogP contribution in [0.5, 0.6) is 0 Å². The van der Waals surface area contributed by atoms with Gasteiger partial charge in [-0.05, 0) is 67.8 Å². The summed E-state index contributed by atoms with van der Waals surface area (Å²) in [6.45, 7) is 2.32. The summed E-state index contributed by atoms with van der Waals surface area (Å²) in [6, 6.07) is 16.5. The number of nitrogens with one attached hydrogen (secondary N) is 2. The molecule has 4 aliphatic rings. The van der Waals surface area contributed by atoms with E-state index in [1.807, 2.05) is 6.07 Å². The lowest BCUT2D eigenvalue weighted by molar-refractivity contribution is 0.0690. The van der Waals surface area contributed by atoms with Crippen molar-refractivity contribution in [1.82, 2.24) is 19.9 Å². The summed E-state index contributed by atoms with van der Waals surface area (Å²) < 4.78 is 23.0. The Kier molecular flexibility index (Phi) is 14.0. The summed E-state index contributed by atoms with van der Waals surface area (Å²) in [5.74, 6) is 0.433. The first-order chi connectivity index (χ1) is 26.7. The Morgan fingerprint density at radius 1 is 0.732 bits per heavy atom. The summed E-state index contributed by atoms with van der Waals surface area (Å²) >= 11 is 0. The number of carbonyl (C=O) groups is 4. The monoisotopic (exact) mass is 793 g/mol. The molecule has 2 fully saturated rings. The molecule has 4 aliphatic heterocycles. The molecule has 0 spiro atoms. The molecule has 8 rings (SSSR count). The van der Waals surface area contributed by atoms with Crippen LogP contribution in [0.25, 0.3) is 0 Å². The zero-order chi connectivity index (χ0) is 38.9. The predicted molar refractivity (Wildman–Crippen MR) is 210 cm³/mol. The van der Waals surface area contributed by atoms with Gasteiger partial charge in [0, 0.05) is 51.5 Å². The number of amides is 4. The van der Waals surface area contributed by atoms with E-state index in [-0.39, 0.29) is 73.1 Å². The number of pyridine rings is 4. The first kappa shape index (κ1) is 41.2. The molecule has 5 N–H and O–H groups in total. The number of carbonyl (C=O) groups excluding carboxylic acids is 3.